The van der Waals surface area contributed by atoms with Crippen molar-refractivity contribution in [2.24, 2.45) is 0 Å². The van der Waals surface area contributed by atoms with Crippen LogP contribution >= 0.6 is 0 Å². The summed E-state index contributed by atoms with van der Waals surface area (Å²) in [5, 5.41) is 11.3. The van der Waals surface area contributed by atoms with Crippen LogP contribution in [0.5, 0.6) is 0 Å². The Kier molecular flexibility index (Phi) is 3.27. The molecule has 0 unspecified atom stereocenters. The highest BCUT2D eigenvalue weighted by Crippen LogP contribution is 2.11. The number of carbonyl (C=O) groups is 1. The Morgan fingerprint density at radius 1 is 1.38 bits per heavy atom. The molecule has 0 aromatic carbocycles. The van der Waals surface area contributed by atoms with Gasteiger partial charge in [0.2, 0.25) is 5.91 Å². The lowest BCUT2D eigenvalue weighted by molar-refractivity contribution is -0.141. The third-order valence-electron chi connectivity index (χ3n) is 1.94. The predicted octanol–water partition coefficient (Wildman–Crippen LogP) is 0.444. The quantitative estimate of drug-likeness (QED) is 0.628. The van der Waals surface area contributed by atoms with Crippen LogP contribution in [-0.4, -0.2) is 42.7 Å². The monoisotopic (exact) mass is 186 g/mol. The normalized spacial score (nSPS) is 18.8. The van der Waals surface area contributed by atoms with E-state index in [2.05, 4.69) is 0 Å². The molecule has 0 saturated carbocycles. The van der Waals surface area contributed by atoms with Gasteiger partial charge in [-0.05, 0) is 13.8 Å². The number of ether oxygens (including phenoxy) is 1. The van der Waals surface area contributed by atoms with E-state index in [0.29, 0.717) is 26.3 Å². The van der Waals surface area contributed by atoms with Crippen LogP contribution in [-0.2, 0) is 14.6 Å². The van der Waals surface area contributed by atoms with Gasteiger partial charge in [0.15, 0.2) is 0 Å². The number of nitrogens with zero attached hydrogens (tertiary/aromatic N) is 1. The molecule has 0 N–H and O–H groups in total. The molecule has 1 radical (unpaired) electrons. The van der Waals surface area contributed by atoms with Crippen molar-refractivity contribution < 1.29 is 14.6 Å². The van der Waals surface area contributed by atoms with E-state index in [-0.39, 0.29) is 12.3 Å². The summed E-state index contributed by atoms with van der Waals surface area (Å²) in [6.45, 7) is 5.48. The van der Waals surface area contributed by atoms with E-state index in [1.54, 1.807) is 4.90 Å². The molecule has 0 bridgehead atoms. The predicted molar refractivity (Wildman–Crippen MR) is 46.8 cm³/mol. The van der Waals surface area contributed by atoms with Crippen LogP contribution < -0.4 is 0 Å². The lowest BCUT2D eigenvalue weighted by atomic mass is 10.0. The minimum atomic E-state index is -1.16. The molecule has 1 aliphatic rings. The summed E-state index contributed by atoms with van der Waals surface area (Å²) in [5.41, 5.74) is -1.16. The zero-order chi connectivity index (χ0) is 9.90. The van der Waals surface area contributed by atoms with Crippen LogP contribution in [0.25, 0.3) is 0 Å². The molecular weight excluding hydrogens is 170 g/mol. The lowest BCUT2D eigenvalue weighted by Gasteiger charge is -2.28. The summed E-state index contributed by atoms with van der Waals surface area (Å²) in [6.07, 6.45) is 0.0764. The van der Waals surface area contributed by atoms with Crippen molar-refractivity contribution in [3.63, 3.8) is 0 Å². The maximum absolute atomic E-state index is 11.5. The molecule has 1 aliphatic heterocycles. The third-order valence-corrected chi connectivity index (χ3v) is 1.94. The number of amides is 1. The van der Waals surface area contributed by atoms with E-state index in [1.165, 1.54) is 13.8 Å². The molecule has 1 amide bonds. The number of morpholine rings is 1. The fourth-order valence-electron chi connectivity index (χ4n) is 1.29. The van der Waals surface area contributed by atoms with E-state index in [9.17, 15) is 9.90 Å². The van der Waals surface area contributed by atoms with Crippen molar-refractivity contribution in [1.29, 1.82) is 0 Å². The Labute approximate surface area is 78.5 Å². The van der Waals surface area contributed by atoms with Gasteiger partial charge in [-0.25, -0.2) is 5.11 Å². The van der Waals surface area contributed by atoms with Gasteiger partial charge in [0.05, 0.1) is 19.6 Å². The SMILES string of the molecule is CC(C)([O])CC(=O)N1CCOCC1. The average Bonchev–Trinajstić information content (AvgIpc) is 2.03. The van der Waals surface area contributed by atoms with Gasteiger partial charge in [0.1, 0.15) is 5.60 Å². The fourth-order valence-corrected chi connectivity index (χ4v) is 1.29. The van der Waals surface area contributed by atoms with Crippen LogP contribution in [0.4, 0.5) is 0 Å². The number of hydrogen-bond acceptors (Lipinski definition) is 2. The van der Waals surface area contributed by atoms with Gasteiger partial charge in [-0.15, -0.1) is 0 Å². The third kappa shape index (κ3) is 3.74. The molecule has 1 rings (SSSR count). The number of hydrogen-bond donors (Lipinski definition) is 0. The van der Waals surface area contributed by atoms with Crippen LogP contribution in [0.3, 0.4) is 0 Å². The van der Waals surface area contributed by atoms with Gasteiger partial charge in [0.25, 0.3) is 0 Å². The van der Waals surface area contributed by atoms with Crippen LogP contribution in [0.1, 0.15) is 20.3 Å². The highest BCUT2D eigenvalue weighted by atomic mass is 16.5. The minimum absolute atomic E-state index is 0.0525. The molecule has 75 valence electrons. The van der Waals surface area contributed by atoms with Crippen LogP contribution in [0, 0.1) is 0 Å². The standard InChI is InChI=1S/C9H16NO3/c1-9(2,12)7-8(11)10-3-5-13-6-4-10/h3-7H2,1-2H3. The Morgan fingerprint density at radius 3 is 2.38 bits per heavy atom. The smallest absolute Gasteiger partial charge is 0.225 e. The molecule has 0 aromatic rings. The van der Waals surface area contributed by atoms with Gasteiger partial charge in [-0.1, -0.05) is 0 Å². The molecular formula is C9H16NO3. The van der Waals surface area contributed by atoms with Crippen molar-refractivity contribution >= 4 is 5.91 Å². The topological polar surface area (TPSA) is 49.4 Å². The van der Waals surface area contributed by atoms with Crippen molar-refractivity contribution in [3.8, 4) is 0 Å². The van der Waals surface area contributed by atoms with Crippen LogP contribution in [0.15, 0.2) is 0 Å². The zero-order valence-electron chi connectivity index (χ0n) is 8.21. The Bertz CT molecular complexity index is 180. The second kappa shape index (κ2) is 4.07. The van der Waals surface area contributed by atoms with E-state index >= 15 is 0 Å². The lowest BCUT2D eigenvalue weighted by Crippen LogP contribution is -2.43. The van der Waals surface area contributed by atoms with Gasteiger partial charge < -0.3 is 9.64 Å². The second-order valence-corrected chi connectivity index (χ2v) is 3.93. The molecule has 0 atom stereocenters. The molecule has 0 spiro atoms. The summed E-state index contributed by atoms with van der Waals surface area (Å²) in [5.74, 6) is -0.0525. The first-order valence-corrected chi connectivity index (χ1v) is 4.55. The Hall–Kier alpha value is -0.610. The molecule has 4 nitrogen and oxygen atoms in total. The van der Waals surface area contributed by atoms with E-state index in [0.717, 1.165) is 0 Å². The van der Waals surface area contributed by atoms with E-state index in [4.69, 9.17) is 4.74 Å². The maximum Gasteiger partial charge on any atom is 0.225 e. The fraction of sp³-hybridized carbons (Fsp3) is 0.889. The van der Waals surface area contributed by atoms with Crippen molar-refractivity contribution in [1.82, 2.24) is 4.90 Å². The minimum Gasteiger partial charge on any atom is -0.378 e. The van der Waals surface area contributed by atoms with Crippen molar-refractivity contribution in [3.05, 3.63) is 0 Å². The highest BCUT2D eigenvalue weighted by molar-refractivity contribution is 5.77. The van der Waals surface area contributed by atoms with E-state index in [1.807, 2.05) is 0 Å². The average molecular weight is 186 g/mol. The molecule has 1 heterocycles. The van der Waals surface area contributed by atoms with Crippen molar-refractivity contribution in [2.75, 3.05) is 26.3 Å². The molecule has 13 heavy (non-hydrogen) atoms. The molecule has 0 aromatic heterocycles. The molecule has 4 heteroatoms. The maximum atomic E-state index is 11.5. The highest BCUT2D eigenvalue weighted by Gasteiger charge is 2.25. The van der Waals surface area contributed by atoms with Gasteiger partial charge in [0, 0.05) is 13.1 Å². The Balaban J connectivity index is 2.38. The van der Waals surface area contributed by atoms with Gasteiger partial charge in [-0.3, -0.25) is 4.79 Å². The van der Waals surface area contributed by atoms with Gasteiger partial charge in [-0.2, -0.15) is 0 Å². The molecule has 1 fully saturated rings. The Morgan fingerprint density at radius 2 is 1.92 bits per heavy atom. The largest absolute Gasteiger partial charge is 0.378 e. The van der Waals surface area contributed by atoms with Crippen molar-refractivity contribution in [2.45, 2.75) is 25.9 Å². The van der Waals surface area contributed by atoms with E-state index < -0.39 is 5.60 Å². The molecule has 1 saturated heterocycles. The van der Waals surface area contributed by atoms with Crippen LogP contribution in [0.2, 0.25) is 0 Å². The first-order valence-electron chi connectivity index (χ1n) is 4.55. The summed E-state index contributed by atoms with van der Waals surface area (Å²) >= 11 is 0. The number of rotatable bonds is 2. The summed E-state index contributed by atoms with van der Waals surface area (Å²) < 4.78 is 5.11. The first kappa shape index (κ1) is 10.5. The summed E-state index contributed by atoms with van der Waals surface area (Å²) in [6, 6.07) is 0. The molecule has 0 aliphatic carbocycles. The number of carbonyl (C=O) groups excluding carboxylic acids is 1. The summed E-state index contributed by atoms with van der Waals surface area (Å²) in [4.78, 5) is 13.2. The zero-order valence-corrected chi connectivity index (χ0v) is 8.21. The summed E-state index contributed by atoms with van der Waals surface area (Å²) in [7, 11) is 0. The van der Waals surface area contributed by atoms with Gasteiger partial charge >= 0.3 is 0 Å². The first-order chi connectivity index (χ1) is 5.99. The second-order valence-electron chi connectivity index (χ2n) is 3.93.